The highest BCUT2D eigenvalue weighted by Crippen LogP contribution is 2.41. The Morgan fingerprint density at radius 1 is 1.58 bits per heavy atom. The van der Waals surface area contributed by atoms with E-state index in [2.05, 4.69) is 6.92 Å². The van der Waals surface area contributed by atoms with Crippen molar-refractivity contribution in [1.29, 1.82) is 0 Å². The molecule has 0 radical (unpaired) electrons. The summed E-state index contributed by atoms with van der Waals surface area (Å²) in [5.74, 6) is -0.690. The molecule has 1 atom stereocenters. The van der Waals surface area contributed by atoms with Crippen LogP contribution in [0.3, 0.4) is 0 Å². The molecule has 0 aromatic rings. The van der Waals surface area contributed by atoms with Gasteiger partial charge in [-0.25, -0.2) is 0 Å². The maximum atomic E-state index is 10.0. The fourth-order valence-corrected chi connectivity index (χ4v) is 1.17. The van der Waals surface area contributed by atoms with E-state index in [-0.39, 0.29) is 0 Å². The highest BCUT2D eigenvalue weighted by molar-refractivity contribution is 5.67. The fraction of sp³-hybridized carbons (Fsp3) is 0.667. The van der Waals surface area contributed by atoms with Crippen molar-refractivity contribution >= 4 is 6.29 Å². The predicted molar refractivity (Wildman–Crippen MR) is 44.3 cm³/mol. The summed E-state index contributed by atoms with van der Waals surface area (Å²) in [6.45, 7) is 2.10. The summed E-state index contributed by atoms with van der Waals surface area (Å²) in [6, 6.07) is 0. The molecule has 68 valence electrons. The standard InChI is InChI=1S/C9H14O3/c1-2-3-4-6-9(11)8(12-9)5-7-10/h5,7,11H,2-4,6H2,1H3/b8-5-. The Hall–Kier alpha value is -0.830. The average Bonchev–Trinajstić information content (AvgIpc) is 2.64. The number of aldehydes is 1. The third kappa shape index (κ3) is 2.08. The van der Waals surface area contributed by atoms with E-state index < -0.39 is 5.79 Å². The van der Waals surface area contributed by atoms with Crippen molar-refractivity contribution in [1.82, 2.24) is 0 Å². The van der Waals surface area contributed by atoms with Crippen LogP contribution in [0.5, 0.6) is 0 Å². The van der Waals surface area contributed by atoms with Gasteiger partial charge in [-0.2, -0.15) is 0 Å². The summed E-state index contributed by atoms with van der Waals surface area (Å²) in [6.07, 6.45) is 5.63. The van der Waals surface area contributed by atoms with E-state index in [9.17, 15) is 9.90 Å². The third-order valence-electron chi connectivity index (χ3n) is 1.96. The first kappa shape index (κ1) is 9.26. The van der Waals surface area contributed by atoms with Gasteiger partial charge in [-0.15, -0.1) is 0 Å². The zero-order valence-corrected chi connectivity index (χ0v) is 7.25. The number of ether oxygens (including phenoxy) is 1. The van der Waals surface area contributed by atoms with E-state index in [0.717, 1.165) is 19.3 Å². The molecule has 0 amide bonds. The predicted octanol–water partition coefficient (Wildman–Crippen LogP) is 1.37. The zero-order valence-electron chi connectivity index (χ0n) is 7.25. The summed E-state index contributed by atoms with van der Waals surface area (Å²) >= 11 is 0. The first-order chi connectivity index (χ1) is 5.73. The van der Waals surface area contributed by atoms with Crippen LogP contribution < -0.4 is 0 Å². The number of unbranched alkanes of at least 4 members (excludes halogenated alkanes) is 2. The SMILES string of the molecule is CCCCCC1(O)O/C1=C\C=O. The molecule has 1 saturated heterocycles. The van der Waals surface area contributed by atoms with Crippen molar-refractivity contribution in [2.45, 2.75) is 38.4 Å². The smallest absolute Gasteiger partial charge is 0.266 e. The lowest BCUT2D eigenvalue weighted by atomic mass is 10.1. The molecule has 3 nitrogen and oxygen atoms in total. The normalized spacial score (nSPS) is 30.0. The molecule has 1 aliphatic rings. The molecule has 0 aromatic heterocycles. The van der Waals surface area contributed by atoms with Crippen LogP contribution in [-0.2, 0) is 9.53 Å². The van der Waals surface area contributed by atoms with Gasteiger partial charge in [0.25, 0.3) is 5.79 Å². The van der Waals surface area contributed by atoms with Gasteiger partial charge in [-0.05, 0) is 6.42 Å². The van der Waals surface area contributed by atoms with E-state index in [0.29, 0.717) is 18.5 Å². The minimum absolute atomic E-state index is 0.411. The first-order valence-electron chi connectivity index (χ1n) is 4.30. The molecule has 1 heterocycles. The molecule has 0 aromatic carbocycles. The van der Waals surface area contributed by atoms with Gasteiger partial charge in [0, 0.05) is 12.5 Å². The van der Waals surface area contributed by atoms with Gasteiger partial charge in [0.15, 0.2) is 5.76 Å². The summed E-state index contributed by atoms with van der Waals surface area (Å²) in [5.41, 5.74) is 0. The number of hydrogen-bond acceptors (Lipinski definition) is 3. The van der Waals surface area contributed by atoms with Crippen LogP contribution in [0, 0.1) is 0 Å². The Morgan fingerprint density at radius 2 is 2.33 bits per heavy atom. The molecule has 0 saturated carbocycles. The highest BCUT2D eigenvalue weighted by Gasteiger charge is 2.50. The molecule has 1 unspecified atom stereocenters. The molecule has 12 heavy (non-hydrogen) atoms. The van der Waals surface area contributed by atoms with E-state index in [1.807, 2.05) is 0 Å². The molecule has 1 aliphatic heterocycles. The average molecular weight is 170 g/mol. The lowest BCUT2D eigenvalue weighted by molar-refractivity contribution is -0.104. The Morgan fingerprint density at radius 3 is 2.92 bits per heavy atom. The van der Waals surface area contributed by atoms with Crippen LogP contribution >= 0.6 is 0 Å². The molecule has 3 heteroatoms. The van der Waals surface area contributed by atoms with Gasteiger partial charge in [-0.1, -0.05) is 19.8 Å². The minimum atomic E-state index is -1.10. The molecular formula is C9H14O3. The van der Waals surface area contributed by atoms with Crippen LogP contribution in [0.4, 0.5) is 0 Å². The largest absolute Gasteiger partial charge is 0.452 e. The maximum absolute atomic E-state index is 10.0. The Bertz CT molecular complexity index is 198. The van der Waals surface area contributed by atoms with Crippen LogP contribution in [0.2, 0.25) is 0 Å². The van der Waals surface area contributed by atoms with Crippen molar-refractivity contribution in [2.24, 2.45) is 0 Å². The van der Waals surface area contributed by atoms with Gasteiger partial charge in [0.05, 0.1) is 0 Å². The van der Waals surface area contributed by atoms with Crippen LogP contribution in [0.15, 0.2) is 11.8 Å². The Balaban J connectivity index is 2.25. The third-order valence-corrected chi connectivity index (χ3v) is 1.96. The minimum Gasteiger partial charge on any atom is -0.452 e. The molecule has 1 fully saturated rings. The van der Waals surface area contributed by atoms with Crippen LogP contribution in [-0.4, -0.2) is 17.2 Å². The van der Waals surface area contributed by atoms with E-state index in [4.69, 9.17) is 4.74 Å². The Kier molecular flexibility index (Phi) is 2.87. The molecule has 0 aliphatic carbocycles. The molecular weight excluding hydrogens is 156 g/mol. The van der Waals surface area contributed by atoms with Crippen LogP contribution in [0.1, 0.15) is 32.6 Å². The zero-order chi connectivity index (χ0) is 9.03. The molecule has 0 bridgehead atoms. The highest BCUT2D eigenvalue weighted by atomic mass is 16.7. The molecule has 1 rings (SSSR count). The first-order valence-corrected chi connectivity index (χ1v) is 4.30. The summed E-state index contributed by atoms with van der Waals surface area (Å²) in [5, 5.41) is 9.50. The summed E-state index contributed by atoms with van der Waals surface area (Å²) in [4.78, 5) is 10.0. The van der Waals surface area contributed by atoms with E-state index in [1.54, 1.807) is 0 Å². The summed E-state index contributed by atoms with van der Waals surface area (Å²) in [7, 11) is 0. The quantitative estimate of drug-likeness (QED) is 0.293. The molecule has 0 spiro atoms. The number of aliphatic hydroxyl groups is 1. The van der Waals surface area contributed by atoms with Gasteiger partial charge in [0.1, 0.15) is 6.29 Å². The van der Waals surface area contributed by atoms with Gasteiger partial charge >= 0.3 is 0 Å². The van der Waals surface area contributed by atoms with Crippen molar-refractivity contribution in [3.05, 3.63) is 11.8 Å². The van der Waals surface area contributed by atoms with Crippen molar-refractivity contribution in [2.75, 3.05) is 0 Å². The van der Waals surface area contributed by atoms with Crippen molar-refractivity contribution in [3.8, 4) is 0 Å². The number of carbonyl (C=O) groups excluding carboxylic acids is 1. The van der Waals surface area contributed by atoms with Gasteiger partial charge in [0.2, 0.25) is 0 Å². The second-order valence-electron chi connectivity index (χ2n) is 3.01. The van der Waals surface area contributed by atoms with Crippen LogP contribution in [0.25, 0.3) is 0 Å². The van der Waals surface area contributed by atoms with E-state index >= 15 is 0 Å². The second-order valence-corrected chi connectivity index (χ2v) is 3.01. The number of allylic oxidation sites excluding steroid dienone is 1. The Labute approximate surface area is 72.0 Å². The number of epoxide rings is 1. The summed E-state index contributed by atoms with van der Waals surface area (Å²) < 4.78 is 4.88. The fourth-order valence-electron chi connectivity index (χ4n) is 1.17. The number of hydrogen-bond donors (Lipinski definition) is 1. The second kappa shape index (κ2) is 3.72. The lowest BCUT2D eigenvalue weighted by Crippen LogP contribution is -2.07. The molecule has 1 N–H and O–H groups in total. The topological polar surface area (TPSA) is 49.8 Å². The van der Waals surface area contributed by atoms with Crippen molar-refractivity contribution in [3.63, 3.8) is 0 Å². The number of rotatable bonds is 5. The van der Waals surface area contributed by atoms with Crippen molar-refractivity contribution < 1.29 is 14.6 Å². The van der Waals surface area contributed by atoms with Gasteiger partial charge < -0.3 is 9.84 Å². The van der Waals surface area contributed by atoms with Gasteiger partial charge in [-0.3, -0.25) is 4.79 Å². The maximum Gasteiger partial charge on any atom is 0.266 e. The number of carbonyl (C=O) groups is 1. The van der Waals surface area contributed by atoms with E-state index in [1.165, 1.54) is 6.08 Å². The monoisotopic (exact) mass is 170 g/mol. The lowest BCUT2D eigenvalue weighted by Gasteiger charge is -1.99.